The second-order valence-corrected chi connectivity index (χ2v) is 9.04. The molecule has 2 saturated carbocycles. The molecular weight excluding hydrogens is 262 g/mol. The van der Waals surface area contributed by atoms with Crippen molar-refractivity contribution in [3.8, 4) is 0 Å². The monoisotopic (exact) mass is 297 g/mol. The molecule has 0 aliphatic heterocycles. The summed E-state index contributed by atoms with van der Waals surface area (Å²) in [6.45, 7) is 8.52. The predicted molar refractivity (Wildman–Crippen MR) is 92.5 cm³/mol. The lowest BCUT2D eigenvalue weighted by atomic mass is 9.73. The largest absolute Gasteiger partial charge is 0.312 e. The van der Waals surface area contributed by atoms with Crippen LogP contribution in [-0.4, -0.2) is 23.6 Å². The molecule has 2 aliphatic rings. The van der Waals surface area contributed by atoms with E-state index in [2.05, 4.69) is 44.1 Å². The molecule has 20 heavy (non-hydrogen) atoms. The van der Waals surface area contributed by atoms with Crippen LogP contribution in [0.25, 0.3) is 0 Å². The molecule has 3 atom stereocenters. The standard InChI is InChI=1S/C18H35NS/c1-14(2)16-9-8-15(3)12-17(16)19-13-18(20-4)10-6-5-7-11-18/h14-17,19H,5-13H2,1-4H3. The van der Waals surface area contributed by atoms with E-state index in [9.17, 15) is 0 Å². The first-order valence-electron chi connectivity index (χ1n) is 8.85. The molecule has 1 N–H and O–H groups in total. The fraction of sp³-hybridized carbons (Fsp3) is 1.00. The topological polar surface area (TPSA) is 12.0 Å². The second kappa shape index (κ2) is 7.54. The van der Waals surface area contributed by atoms with Gasteiger partial charge in [-0.25, -0.2) is 0 Å². The third-order valence-corrected chi connectivity index (χ3v) is 7.33. The molecule has 2 fully saturated rings. The predicted octanol–water partition coefficient (Wildman–Crippen LogP) is 5.10. The van der Waals surface area contributed by atoms with Crippen molar-refractivity contribution in [1.82, 2.24) is 5.32 Å². The summed E-state index contributed by atoms with van der Waals surface area (Å²) in [5.41, 5.74) is 0. The summed E-state index contributed by atoms with van der Waals surface area (Å²) in [7, 11) is 0. The van der Waals surface area contributed by atoms with Gasteiger partial charge < -0.3 is 5.32 Å². The van der Waals surface area contributed by atoms with E-state index in [4.69, 9.17) is 0 Å². The molecule has 0 aromatic rings. The molecule has 0 aromatic heterocycles. The van der Waals surface area contributed by atoms with E-state index in [1.807, 2.05) is 0 Å². The van der Waals surface area contributed by atoms with Crippen molar-refractivity contribution in [3.63, 3.8) is 0 Å². The summed E-state index contributed by atoms with van der Waals surface area (Å²) < 4.78 is 0.542. The van der Waals surface area contributed by atoms with Gasteiger partial charge in [-0.1, -0.05) is 46.5 Å². The van der Waals surface area contributed by atoms with E-state index in [1.54, 1.807) is 0 Å². The van der Waals surface area contributed by atoms with E-state index < -0.39 is 0 Å². The quantitative estimate of drug-likeness (QED) is 0.757. The molecule has 2 heteroatoms. The Balaban J connectivity index is 1.92. The molecule has 118 valence electrons. The third kappa shape index (κ3) is 4.16. The maximum atomic E-state index is 4.02. The molecule has 3 unspecified atom stereocenters. The van der Waals surface area contributed by atoms with E-state index in [1.165, 1.54) is 57.9 Å². The smallest absolute Gasteiger partial charge is 0.0281 e. The Morgan fingerprint density at radius 2 is 1.85 bits per heavy atom. The first-order valence-corrected chi connectivity index (χ1v) is 10.1. The van der Waals surface area contributed by atoms with Crippen LogP contribution in [0.1, 0.15) is 72.1 Å². The van der Waals surface area contributed by atoms with Crippen LogP contribution in [0.3, 0.4) is 0 Å². The number of rotatable bonds is 5. The number of thioether (sulfide) groups is 1. The summed E-state index contributed by atoms with van der Waals surface area (Å²) >= 11 is 2.13. The first-order chi connectivity index (χ1) is 9.56. The van der Waals surface area contributed by atoms with Crippen molar-refractivity contribution in [2.45, 2.75) is 82.9 Å². The number of hydrogen-bond acceptors (Lipinski definition) is 2. The van der Waals surface area contributed by atoms with Gasteiger partial charge in [0.2, 0.25) is 0 Å². The first kappa shape index (κ1) is 16.7. The molecule has 0 aromatic carbocycles. The van der Waals surface area contributed by atoms with Gasteiger partial charge >= 0.3 is 0 Å². The minimum absolute atomic E-state index is 0.542. The minimum atomic E-state index is 0.542. The van der Waals surface area contributed by atoms with Crippen LogP contribution in [0.15, 0.2) is 0 Å². The maximum absolute atomic E-state index is 4.02. The molecule has 0 spiro atoms. The van der Waals surface area contributed by atoms with Gasteiger partial charge in [0.15, 0.2) is 0 Å². The number of hydrogen-bond donors (Lipinski definition) is 1. The molecule has 2 aliphatic carbocycles. The van der Waals surface area contributed by atoms with Crippen LogP contribution in [0.4, 0.5) is 0 Å². The SMILES string of the molecule is CSC1(CNC2CC(C)CCC2C(C)C)CCCCC1. The van der Waals surface area contributed by atoms with Gasteiger partial charge in [0.05, 0.1) is 0 Å². The van der Waals surface area contributed by atoms with E-state index >= 15 is 0 Å². The summed E-state index contributed by atoms with van der Waals surface area (Å²) in [5.74, 6) is 2.64. The van der Waals surface area contributed by atoms with Crippen molar-refractivity contribution in [1.29, 1.82) is 0 Å². The van der Waals surface area contributed by atoms with Gasteiger partial charge in [0.25, 0.3) is 0 Å². The second-order valence-electron chi connectivity index (χ2n) is 7.76. The van der Waals surface area contributed by atoms with Gasteiger partial charge in [0.1, 0.15) is 0 Å². The summed E-state index contributed by atoms with van der Waals surface area (Å²) in [6.07, 6.45) is 13.8. The molecular formula is C18H35NS. The molecule has 1 nitrogen and oxygen atoms in total. The Morgan fingerprint density at radius 3 is 2.45 bits per heavy atom. The third-order valence-electron chi connectivity index (χ3n) is 5.91. The highest BCUT2D eigenvalue weighted by molar-refractivity contribution is 8.00. The van der Waals surface area contributed by atoms with Crippen molar-refractivity contribution < 1.29 is 0 Å². The molecule has 0 bridgehead atoms. The Hall–Kier alpha value is 0.310. The fourth-order valence-corrected chi connectivity index (χ4v) is 5.33. The molecule has 0 radical (unpaired) electrons. The van der Waals surface area contributed by atoms with E-state index in [-0.39, 0.29) is 0 Å². The van der Waals surface area contributed by atoms with Crippen LogP contribution < -0.4 is 5.32 Å². The van der Waals surface area contributed by atoms with E-state index in [0.717, 1.165) is 23.8 Å². The van der Waals surface area contributed by atoms with Crippen LogP contribution in [0.5, 0.6) is 0 Å². The van der Waals surface area contributed by atoms with Crippen molar-refractivity contribution in [2.75, 3.05) is 12.8 Å². The summed E-state index contributed by atoms with van der Waals surface area (Å²) in [4.78, 5) is 0. The summed E-state index contributed by atoms with van der Waals surface area (Å²) in [6, 6.07) is 0.768. The molecule has 0 saturated heterocycles. The van der Waals surface area contributed by atoms with Crippen LogP contribution in [-0.2, 0) is 0 Å². The van der Waals surface area contributed by atoms with Crippen molar-refractivity contribution in [2.24, 2.45) is 17.8 Å². The molecule has 2 rings (SSSR count). The lowest BCUT2D eigenvalue weighted by Crippen LogP contribution is -2.49. The minimum Gasteiger partial charge on any atom is -0.312 e. The van der Waals surface area contributed by atoms with Crippen molar-refractivity contribution in [3.05, 3.63) is 0 Å². The maximum Gasteiger partial charge on any atom is 0.0281 e. The van der Waals surface area contributed by atoms with Crippen molar-refractivity contribution >= 4 is 11.8 Å². The lowest BCUT2D eigenvalue weighted by Gasteiger charge is -2.42. The Kier molecular flexibility index (Phi) is 6.28. The zero-order valence-corrected chi connectivity index (χ0v) is 14.9. The van der Waals surface area contributed by atoms with Crippen LogP contribution >= 0.6 is 11.8 Å². The Bertz CT molecular complexity index is 283. The van der Waals surface area contributed by atoms with E-state index in [0.29, 0.717) is 4.75 Å². The average molecular weight is 298 g/mol. The molecule has 0 heterocycles. The lowest BCUT2D eigenvalue weighted by molar-refractivity contribution is 0.164. The van der Waals surface area contributed by atoms with Gasteiger partial charge in [-0.05, 0) is 49.7 Å². The van der Waals surface area contributed by atoms with Gasteiger partial charge in [-0.2, -0.15) is 11.8 Å². The normalized spacial score (nSPS) is 34.4. The van der Waals surface area contributed by atoms with Gasteiger partial charge in [-0.15, -0.1) is 0 Å². The number of nitrogens with one attached hydrogen (secondary N) is 1. The fourth-order valence-electron chi connectivity index (χ4n) is 4.40. The van der Waals surface area contributed by atoms with Gasteiger partial charge in [-0.3, -0.25) is 0 Å². The van der Waals surface area contributed by atoms with Gasteiger partial charge in [0, 0.05) is 17.3 Å². The molecule has 0 amide bonds. The van der Waals surface area contributed by atoms with Crippen LogP contribution in [0, 0.1) is 17.8 Å². The zero-order valence-electron chi connectivity index (χ0n) is 14.1. The Morgan fingerprint density at radius 1 is 1.15 bits per heavy atom. The summed E-state index contributed by atoms with van der Waals surface area (Å²) in [5, 5.41) is 4.02. The average Bonchev–Trinajstić information content (AvgIpc) is 2.46. The highest BCUT2D eigenvalue weighted by Gasteiger charge is 2.35. The highest BCUT2D eigenvalue weighted by atomic mass is 32.2. The Labute approximate surface area is 131 Å². The highest BCUT2D eigenvalue weighted by Crippen LogP contribution is 2.39. The zero-order chi connectivity index (χ0) is 14.6. The van der Waals surface area contributed by atoms with Crippen LogP contribution in [0.2, 0.25) is 0 Å².